The zero-order chi connectivity index (χ0) is 31.9. The fourth-order valence-corrected chi connectivity index (χ4v) is 9.51. The first-order valence-electron chi connectivity index (χ1n) is 14.9. The summed E-state index contributed by atoms with van der Waals surface area (Å²) in [6.45, 7) is 2.80. The van der Waals surface area contributed by atoms with Gasteiger partial charge in [-0.25, -0.2) is 9.59 Å². The van der Waals surface area contributed by atoms with Gasteiger partial charge in [-0.15, -0.1) is 0 Å². The maximum atomic E-state index is 13.9. The van der Waals surface area contributed by atoms with Crippen LogP contribution in [0.3, 0.4) is 0 Å². The van der Waals surface area contributed by atoms with Crippen molar-refractivity contribution in [1.82, 2.24) is 0 Å². The fourth-order valence-electron chi connectivity index (χ4n) is 9.04. The molecule has 0 radical (unpaired) electrons. The molecule has 7 fully saturated rings. The number of alkyl halides is 2. The molecule has 13 nitrogen and oxygen atoms in total. The molecule has 0 aromatic rings. The molecular formula is C28H36F2O13S. The van der Waals surface area contributed by atoms with Crippen molar-refractivity contribution in [1.29, 1.82) is 0 Å². The summed E-state index contributed by atoms with van der Waals surface area (Å²) in [5.74, 6) is -3.77. The van der Waals surface area contributed by atoms with E-state index in [4.69, 9.17) is 28.2 Å². The van der Waals surface area contributed by atoms with Crippen LogP contribution < -0.4 is 0 Å². The minimum absolute atomic E-state index is 0.0592. The van der Waals surface area contributed by atoms with Crippen molar-refractivity contribution in [3.63, 3.8) is 0 Å². The Bertz CT molecular complexity index is 1300. The first kappa shape index (κ1) is 31.5. The predicted molar refractivity (Wildman–Crippen MR) is 139 cm³/mol. The average Bonchev–Trinajstić information content (AvgIpc) is 3.53. The minimum Gasteiger partial charge on any atom is -0.458 e. The Morgan fingerprint density at radius 1 is 0.977 bits per heavy atom. The van der Waals surface area contributed by atoms with E-state index < -0.39 is 100 Å². The molecule has 44 heavy (non-hydrogen) atoms. The van der Waals surface area contributed by atoms with Crippen LogP contribution in [-0.2, 0) is 57.7 Å². The van der Waals surface area contributed by atoms with Crippen molar-refractivity contribution in [2.24, 2.45) is 41.4 Å². The van der Waals surface area contributed by atoms with Gasteiger partial charge in [-0.2, -0.15) is 17.2 Å². The summed E-state index contributed by atoms with van der Waals surface area (Å²) in [6, 6.07) is 0. The number of esters is 4. The van der Waals surface area contributed by atoms with Gasteiger partial charge in [0, 0.05) is 0 Å². The molecule has 7 rings (SSSR count). The summed E-state index contributed by atoms with van der Waals surface area (Å²) in [7, 11) is -5.85. The lowest BCUT2D eigenvalue weighted by Gasteiger charge is -2.62. The van der Waals surface area contributed by atoms with Crippen molar-refractivity contribution in [3.05, 3.63) is 0 Å². The summed E-state index contributed by atoms with van der Waals surface area (Å²) in [5.41, 5.74) is -0.647. The summed E-state index contributed by atoms with van der Waals surface area (Å²) >= 11 is 0. The second-order valence-electron chi connectivity index (χ2n) is 13.4. The van der Waals surface area contributed by atoms with Crippen LogP contribution in [0.15, 0.2) is 0 Å². The van der Waals surface area contributed by atoms with E-state index in [1.165, 1.54) is 6.42 Å². The lowest BCUT2D eigenvalue weighted by atomic mass is 9.47. The van der Waals surface area contributed by atoms with Crippen LogP contribution in [-0.4, -0.2) is 91.4 Å². The molecule has 3 aliphatic heterocycles. The summed E-state index contributed by atoms with van der Waals surface area (Å²) in [5, 5.41) is -4.76. The minimum atomic E-state index is -5.85. The Kier molecular flexibility index (Phi) is 7.77. The van der Waals surface area contributed by atoms with Crippen LogP contribution in [0.4, 0.5) is 8.78 Å². The van der Waals surface area contributed by atoms with Gasteiger partial charge in [-0.1, -0.05) is 13.8 Å². The molecule has 7 atom stereocenters. The standard InChI is InChI=1S/C28H36F2O13S/c1-11(2)27(15-5-13-4-14(7-15)8-16(27)6-13)43-26(34)20-19-21-24(42-25(19)33)23(22(20)41-21)40-18(32)10-38-9-17(31)39-12(3)28(29,30)44(35,36)37/h11-16,19-24H,4-10H2,1-3H3,(H,35,36,37). The fraction of sp³-hybridized carbons (Fsp3) is 0.857. The Hall–Kier alpha value is -2.43. The molecule has 3 saturated heterocycles. The Balaban J connectivity index is 1.07. The Morgan fingerprint density at radius 3 is 2.14 bits per heavy atom. The van der Waals surface area contributed by atoms with Crippen molar-refractivity contribution < 1.29 is 69.4 Å². The molecule has 4 saturated carbocycles. The number of carbonyl (C=O) groups excluding carboxylic acids is 4. The average molecular weight is 651 g/mol. The molecule has 0 spiro atoms. The molecule has 0 amide bonds. The molecule has 7 aliphatic rings. The maximum Gasteiger partial charge on any atom is 0.405 e. The number of halogens is 2. The Morgan fingerprint density at radius 2 is 1.57 bits per heavy atom. The van der Waals surface area contributed by atoms with E-state index in [1.54, 1.807) is 0 Å². The maximum absolute atomic E-state index is 13.9. The van der Waals surface area contributed by atoms with Crippen molar-refractivity contribution in [3.8, 4) is 0 Å². The number of hydrogen-bond acceptors (Lipinski definition) is 12. The molecule has 3 heterocycles. The van der Waals surface area contributed by atoms with E-state index in [9.17, 15) is 36.4 Å². The van der Waals surface area contributed by atoms with E-state index >= 15 is 0 Å². The highest BCUT2D eigenvalue weighted by Gasteiger charge is 2.73. The van der Waals surface area contributed by atoms with Crippen LogP contribution in [0, 0.1) is 41.4 Å². The van der Waals surface area contributed by atoms with Gasteiger partial charge in [0.25, 0.3) is 0 Å². The molecule has 0 aromatic heterocycles. The largest absolute Gasteiger partial charge is 0.458 e. The highest BCUT2D eigenvalue weighted by atomic mass is 32.2. The van der Waals surface area contributed by atoms with Crippen LogP contribution in [0.2, 0.25) is 0 Å². The third kappa shape index (κ3) is 4.90. The van der Waals surface area contributed by atoms with Gasteiger partial charge in [0.05, 0.1) is 0 Å². The predicted octanol–water partition coefficient (Wildman–Crippen LogP) is 1.66. The van der Waals surface area contributed by atoms with Crippen LogP contribution in [0.5, 0.6) is 0 Å². The second-order valence-corrected chi connectivity index (χ2v) is 14.9. The zero-order valence-corrected chi connectivity index (χ0v) is 25.2. The monoisotopic (exact) mass is 650 g/mol. The van der Waals surface area contributed by atoms with Crippen molar-refractivity contribution in [2.75, 3.05) is 13.2 Å². The second kappa shape index (κ2) is 10.8. The molecule has 6 bridgehead atoms. The van der Waals surface area contributed by atoms with Gasteiger partial charge < -0.3 is 28.4 Å². The first-order valence-corrected chi connectivity index (χ1v) is 16.4. The van der Waals surface area contributed by atoms with Crippen LogP contribution >= 0.6 is 0 Å². The smallest absolute Gasteiger partial charge is 0.405 e. The third-order valence-electron chi connectivity index (χ3n) is 10.6. The van der Waals surface area contributed by atoms with Crippen LogP contribution in [0.25, 0.3) is 0 Å². The molecule has 7 unspecified atom stereocenters. The lowest BCUT2D eigenvalue weighted by molar-refractivity contribution is -0.230. The van der Waals surface area contributed by atoms with Gasteiger partial charge in [0.1, 0.15) is 42.9 Å². The van der Waals surface area contributed by atoms with Gasteiger partial charge in [-0.05, 0) is 68.6 Å². The van der Waals surface area contributed by atoms with Crippen LogP contribution in [0.1, 0.15) is 52.9 Å². The number of rotatable bonds is 11. The number of carbonyl (C=O) groups is 4. The molecule has 1 N–H and O–H groups in total. The van der Waals surface area contributed by atoms with Gasteiger partial charge >= 0.3 is 39.2 Å². The first-order chi connectivity index (χ1) is 20.5. The molecule has 16 heteroatoms. The van der Waals surface area contributed by atoms with Crippen molar-refractivity contribution >= 4 is 34.0 Å². The van der Waals surface area contributed by atoms with E-state index in [0.29, 0.717) is 18.8 Å². The van der Waals surface area contributed by atoms with Gasteiger partial charge in [-0.3, -0.25) is 14.1 Å². The highest BCUT2D eigenvalue weighted by molar-refractivity contribution is 7.86. The van der Waals surface area contributed by atoms with E-state index in [2.05, 4.69) is 18.6 Å². The third-order valence-corrected chi connectivity index (χ3v) is 11.6. The topological polar surface area (TPSA) is 178 Å². The number of hydrogen-bond donors (Lipinski definition) is 1. The molecule has 246 valence electrons. The molecular weight excluding hydrogens is 614 g/mol. The normalized spacial score (nSPS) is 40.7. The zero-order valence-electron chi connectivity index (χ0n) is 24.4. The number of fused-ring (bicyclic) bond motifs is 1. The van der Waals surface area contributed by atoms with Crippen molar-refractivity contribution in [2.45, 2.75) is 94.3 Å². The summed E-state index contributed by atoms with van der Waals surface area (Å²) in [6.07, 6.45) is -1.18. The molecule has 0 aromatic carbocycles. The van der Waals surface area contributed by atoms with E-state index in [1.807, 2.05) is 0 Å². The van der Waals surface area contributed by atoms with Gasteiger partial charge in [0.2, 0.25) is 0 Å². The highest BCUT2D eigenvalue weighted by Crippen LogP contribution is 2.62. The summed E-state index contributed by atoms with van der Waals surface area (Å²) < 4.78 is 89.8. The SMILES string of the molecule is CC(C)C1(OC(=O)C2C3OC4C(OC(=O)C42)C3OC(=O)COCC(=O)OC(C)C(F)(F)S(=O)(=O)O)C2CC3CC(C2)CC1C3. The molecule has 4 aliphatic carbocycles. The van der Waals surface area contributed by atoms with E-state index in [-0.39, 0.29) is 17.8 Å². The Labute approximate surface area is 252 Å². The quantitative estimate of drug-likeness (QED) is 0.194. The van der Waals surface area contributed by atoms with E-state index in [0.717, 1.165) is 25.7 Å². The van der Waals surface area contributed by atoms with Gasteiger partial charge in [0.15, 0.2) is 18.3 Å². The number of ether oxygens (including phenoxy) is 6. The summed E-state index contributed by atoms with van der Waals surface area (Å²) in [4.78, 5) is 51.2. The lowest BCUT2D eigenvalue weighted by Crippen LogP contribution is -2.63.